The average molecular weight is 263 g/mol. The summed E-state index contributed by atoms with van der Waals surface area (Å²) in [5.41, 5.74) is 2.55. The Morgan fingerprint density at radius 3 is 2.26 bits per heavy atom. The molecule has 0 saturated carbocycles. The van der Waals surface area contributed by atoms with Crippen molar-refractivity contribution in [1.29, 1.82) is 0 Å². The molecule has 0 radical (unpaired) electrons. The van der Waals surface area contributed by atoms with Gasteiger partial charge in [-0.3, -0.25) is 0 Å². The molecule has 0 aliphatic carbocycles. The molecule has 1 aromatic carbocycles. The Hall–Kier alpha value is -0.900. The molecule has 0 bridgehead atoms. The molecular weight excluding hydrogens is 238 g/mol. The fourth-order valence-corrected chi connectivity index (χ4v) is 2.65. The summed E-state index contributed by atoms with van der Waals surface area (Å²) < 4.78 is 11.7. The van der Waals surface area contributed by atoms with Gasteiger partial charge in [-0.25, -0.2) is 0 Å². The number of ether oxygens (including phenoxy) is 2. The van der Waals surface area contributed by atoms with Gasteiger partial charge in [-0.1, -0.05) is 24.3 Å². The lowest BCUT2D eigenvalue weighted by atomic mass is 10.0. The van der Waals surface area contributed by atoms with Crippen molar-refractivity contribution in [2.24, 2.45) is 0 Å². The molecule has 2 atom stereocenters. The van der Waals surface area contributed by atoms with Crippen molar-refractivity contribution in [3.8, 4) is 0 Å². The van der Waals surface area contributed by atoms with Crippen molar-refractivity contribution in [2.45, 2.75) is 58.2 Å². The second-order valence-electron chi connectivity index (χ2n) is 5.51. The standard InChI is InChI=1S/C16H25NO2/c1-12-8-16(9-13(2)19-12)18-11-15-6-4-14(5-7-15)10-17-3/h4-7,12-13,16-17H,8-11H2,1-3H3. The van der Waals surface area contributed by atoms with Crippen molar-refractivity contribution < 1.29 is 9.47 Å². The van der Waals surface area contributed by atoms with E-state index in [0.29, 0.717) is 24.9 Å². The Bertz CT molecular complexity index is 367. The van der Waals surface area contributed by atoms with E-state index in [-0.39, 0.29) is 0 Å². The summed E-state index contributed by atoms with van der Waals surface area (Å²) in [6.07, 6.45) is 2.96. The molecular formula is C16H25NO2. The highest BCUT2D eigenvalue weighted by Gasteiger charge is 2.24. The molecule has 106 valence electrons. The Labute approximate surface area is 116 Å². The third-order valence-corrected chi connectivity index (χ3v) is 3.54. The monoisotopic (exact) mass is 263 g/mol. The number of benzene rings is 1. The molecule has 0 spiro atoms. The Morgan fingerprint density at radius 1 is 1.11 bits per heavy atom. The summed E-state index contributed by atoms with van der Waals surface area (Å²) in [4.78, 5) is 0. The van der Waals surface area contributed by atoms with Crippen molar-refractivity contribution >= 4 is 0 Å². The van der Waals surface area contributed by atoms with E-state index in [1.165, 1.54) is 11.1 Å². The molecule has 1 N–H and O–H groups in total. The lowest BCUT2D eigenvalue weighted by Gasteiger charge is -2.32. The molecule has 1 aliphatic heterocycles. The van der Waals surface area contributed by atoms with Crippen molar-refractivity contribution in [1.82, 2.24) is 5.32 Å². The van der Waals surface area contributed by atoms with Gasteiger partial charge in [0.2, 0.25) is 0 Å². The van der Waals surface area contributed by atoms with Gasteiger partial charge in [0.05, 0.1) is 24.9 Å². The highest BCUT2D eigenvalue weighted by atomic mass is 16.5. The maximum atomic E-state index is 6.01. The SMILES string of the molecule is CNCc1ccc(COC2CC(C)OC(C)C2)cc1. The molecule has 1 fully saturated rings. The zero-order valence-electron chi connectivity index (χ0n) is 12.2. The summed E-state index contributed by atoms with van der Waals surface area (Å²) in [5, 5.41) is 3.15. The van der Waals surface area contributed by atoms with E-state index >= 15 is 0 Å². The van der Waals surface area contributed by atoms with Gasteiger partial charge in [-0.05, 0) is 44.9 Å². The fraction of sp³-hybridized carbons (Fsp3) is 0.625. The Kier molecular flexibility index (Phi) is 5.37. The van der Waals surface area contributed by atoms with E-state index in [0.717, 1.165) is 19.4 Å². The van der Waals surface area contributed by atoms with Crippen LogP contribution in [0.3, 0.4) is 0 Å². The van der Waals surface area contributed by atoms with Crippen LogP contribution in [0.15, 0.2) is 24.3 Å². The van der Waals surface area contributed by atoms with Crippen LogP contribution in [0.25, 0.3) is 0 Å². The van der Waals surface area contributed by atoms with Crippen LogP contribution in [0, 0.1) is 0 Å². The minimum atomic E-state index is 0.312. The van der Waals surface area contributed by atoms with Gasteiger partial charge >= 0.3 is 0 Å². The van der Waals surface area contributed by atoms with Gasteiger partial charge in [-0.2, -0.15) is 0 Å². The lowest BCUT2D eigenvalue weighted by molar-refractivity contribution is -0.106. The van der Waals surface area contributed by atoms with E-state index in [9.17, 15) is 0 Å². The van der Waals surface area contributed by atoms with Gasteiger partial charge in [0.15, 0.2) is 0 Å². The van der Waals surface area contributed by atoms with Gasteiger partial charge in [0.1, 0.15) is 0 Å². The van der Waals surface area contributed by atoms with Gasteiger partial charge in [0.25, 0.3) is 0 Å². The van der Waals surface area contributed by atoms with Crippen molar-refractivity contribution in [2.75, 3.05) is 7.05 Å². The molecule has 1 saturated heterocycles. The predicted molar refractivity (Wildman–Crippen MR) is 77.0 cm³/mol. The quantitative estimate of drug-likeness (QED) is 0.886. The van der Waals surface area contributed by atoms with Gasteiger partial charge < -0.3 is 14.8 Å². The van der Waals surface area contributed by atoms with Gasteiger partial charge in [0, 0.05) is 6.54 Å². The van der Waals surface area contributed by atoms with Crippen LogP contribution in [0.1, 0.15) is 37.8 Å². The zero-order valence-corrected chi connectivity index (χ0v) is 12.2. The van der Waals surface area contributed by atoms with E-state index < -0.39 is 0 Å². The summed E-state index contributed by atoms with van der Waals surface area (Å²) in [5.74, 6) is 0. The topological polar surface area (TPSA) is 30.5 Å². The van der Waals surface area contributed by atoms with Crippen LogP contribution in [-0.4, -0.2) is 25.4 Å². The second kappa shape index (κ2) is 7.04. The maximum Gasteiger partial charge on any atom is 0.0720 e. The van der Waals surface area contributed by atoms with E-state index in [1.807, 2.05) is 7.05 Å². The first-order valence-corrected chi connectivity index (χ1v) is 7.17. The molecule has 2 rings (SSSR count). The molecule has 1 aromatic rings. The van der Waals surface area contributed by atoms with Crippen LogP contribution >= 0.6 is 0 Å². The van der Waals surface area contributed by atoms with E-state index in [1.54, 1.807) is 0 Å². The molecule has 1 aliphatic rings. The molecule has 1 heterocycles. The minimum absolute atomic E-state index is 0.312. The lowest BCUT2D eigenvalue weighted by Crippen LogP contribution is -2.33. The number of rotatable bonds is 5. The fourth-order valence-electron chi connectivity index (χ4n) is 2.65. The first-order chi connectivity index (χ1) is 9.17. The number of hydrogen-bond acceptors (Lipinski definition) is 3. The molecule has 0 amide bonds. The Morgan fingerprint density at radius 2 is 1.68 bits per heavy atom. The third kappa shape index (κ3) is 4.60. The minimum Gasteiger partial charge on any atom is -0.375 e. The maximum absolute atomic E-state index is 6.01. The first kappa shape index (κ1) is 14.5. The van der Waals surface area contributed by atoms with E-state index in [4.69, 9.17) is 9.47 Å². The first-order valence-electron chi connectivity index (χ1n) is 7.17. The summed E-state index contributed by atoms with van der Waals surface area (Å²) in [6.45, 7) is 5.86. The third-order valence-electron chi connectivity index (χ3n) is 3.54. The van der Waals surface area contributed by atoms with Crippen molar-refractivity contribution in [3.05, 3.63) is 35.4 Å². The number of hydrogen-bond donors (Lipinski definition) is 1. The highest BCUT2D eigenvalue weighted by molar-refractivity contribution is 5.21. The summed E-state index contributed by atoms with van der Waals surface area (Å²) in [7, 11) is 1.96. The zero-order chi connectivity index (χ0) is 13.7. The van der Waals surface area contributed by atoms with Crippen LogP contribution in [0.4, 0.5) is 0 Å². The molecule has 3 heteroatoms. The van der Waals surface area contributed by atoms with Crippen LogP contribution < -0.4 is 5.32 Å². The van der Waals surface area contributed by atoms with Crippen molar-refractivity contribution in [3.63, 3.8) is 0 Å². The largest absolute Gasteiger partial charge is 0.375 e. The molecule has 3 nitrogen and oxygen atoms in total. The average Bonchev–Trinajstić information content (AvgIpc) is 2.37. The molecule has 0 aromatic heterocycles. The van der Waals surface area contributed by atoms with Gasteiger partial charge in [-0.15, -0.1) is 0 Å². The molecule has 19 heavy (non-hydrogen) atoms. The normalized spacial score (nSPS) is 27.4. The van der Waals surface area contributed by atoms with Crippen LogP contribution in [0.2, 0.25) is 0 Å². The smallest absolute Gasteiger partial charge is 0.0720 e. The van der Waals surface area contributed by atoms with E-state index in [2.05, 4.69) is 43.4 Å². The highest BCUT2D eigenvalue weighted by Crippen LogP contribution is 2.22. The second-order valence-corrected chi connectivity index (χ2v) is 5.51. The number of nitrogens with one attached hydrogen (secondary N) is 1. The predicted octanol–water partition coefficient (Wildman–Crippen LogP) is 2.88. The summed E-state index contributed by atoms with van der Waals surface area (Å²) in [6, 6.07) is 8.62. The van der Waals surface area contributed by atoms with Crippen LogP contribution in [-0.2, 0) is 22.6 Å². The molecule has 2 unspecified atom stereocenters. The van der Waals surface area contributed by atoms with Crippen LogP contribution in [0.5, 0.6) is 0 Å². The summed E-state index contributed by atoms with van der Waals surface area (Å²) >= 11 is 0. The Balaban J connectivity index is 1.81.